The van der Waals surface area contributed by atoms with Crippen LogP contribution in [-0.2, 0) is 16.1 Å². The van der Waals surface area contributed by atoms with Crippen LogP contribution >= 0.6 is 0 Å². The Kier molecular flexibility index (Phi) is 3.98. The van der Waals surface area contributed by atoms with Gasteiger partial charge in [0.2, 0.25) is 11.8 Å². The molecule has 7 nitrogen and oxygen atoms in total. The number of rotatable bonds is 3. The zero-order valence-corrected chi connectivity index (χ0v) is 16.0. The first-order chi connectivity index (χ1) is 13.5. The zero-order valence-electron chi connectivity index (χ0n) is 16.0. The van der Waals surface area contributed by atoms with E-state index >= 15 is 0 Å². The Morgan fingerprint density at radius 2 is 2.00 bits per heavy atom. The summed E-state index contributed by atoms with van der Waals surface area (Å²) in [6.07, 6.45) is 4.19. The maximum absolute atomic E-state index is 12.8. The molecule has 5 rings (SSSR count). The molecule has 4 aliphatic rings. The average molecular weight is 383 g/mol. The fourth-order valence-electron chi connectivity index (χ4n) is 5.40. The van der Waals surface area contributed by atoms with Crippen molar-refractivity contribution in [2.24, 2.45) is 5.92 Å². The second-order valence-corrected chi connectivity index (χ2v) is 8.60. The van der Waals surface area contributed by atoms with Gasteiger partial charge in [0.25, 0.3) is 5.91 Å². The van der Waals surface area contributed by atoms with Gasteiger partial charge in [-0.1, -0.05) is 0 Å². The first-order valence-electron chi connectivity index (χ1n) is 10.1. The molecule has 1 unspecified atom stereocenters. The molecule has 0 bridgehead atoms. The minimum atomic E-state index is -0.584. The van der Waals surface area contributed by atoms with Crippen molar-refractivity contribution in [1.29, 1.82) is 0 Å². The molecule has 2 saturated heterocycles. The Hall–Kier alpha value is -2.41. The lowest BCUT2D eigenvalue weighted by molar-refractivity contribution is -0.136. The predicted octanol–water partition coefficient (Wildman–Crippen LogP) is 1.36. The molecule has 0 radical (unpaired) electrons. The van der Waals surface area contributed by atoms with Crippen LogP contribution in [0, 0.1) is 5.92 Å². The summed E-state index contributed by atoms with van der Waals surface area (Å²) >= 11 is 0. The third-order valence-electron chi connectivity index (χ3n) is 7.07. The maximum atomic E-state index is 12.8. The van der Waals surface area contributed by atoms with Crippen molar-refractivity contribution in [2.45, 2.75) is 63.3 Å². The predicted molar refractivity (Wildman–Crippen MR) is 101 cm³/mol. The largest absolute Gasteiger partial charge is 0.489 e. The maximum Gasteiger partial charge on any atom is 0.255 e. The van der Waals surface area contributed by atoms with Crippen molar-refractivity contribution in [3.8, 4) is 5.75 Å². The highest BCUT2D eigenvalue weighted by molar-refractivity contribution is 6.05. The molecule has 4 atom stereocenters. The quantitative estimate of drug-likeness (QED) is 0.770. The van der Waals surface area contributed by atoms with E-state index in [2.05, 4.69) is 17.6 Å². The van der Waals surface area contributed by atoms with Crippen LogP contribution in [0.15, 0.2) is 18.2 Å². The molecule has 1 aromatic rings. The smallest absolute Gasteiger partial charge is 0.255 e. The first-order valence-corrected chi connectivity index (χ1v) is 10.1. The molecule has 28 heavy (non-hydrogen) atoms. The average Bonchev–Trinajstić information content (AvgIpc) is 3.28. The monoisotopic (exact) mass is 383 g/mol. The molecular weight excluding hydrogens is 358 g/mol. The number of carbonyl (C=O) groups is 3. The summed E-state index contributed by atoms with van der Waals surface area (Å²) in [4.78, 5) is 37.9. The van der Waals surface area contributed by atoms with Crippen LogP contribution in [0.1, 0.15) is 54.9 Å². The van der Waals surface area contributed by atoms with Gasteiger partial charge >= 0.3 is 0 Å². The topological polar surface area (TPSA) is 87.7 Å². The molecule has 148 valence electrons. The van der Waals surface area contributed by atoms with Gasteiger partial charge in [0.05, 0.1) is 5.54 Å². The van der Waals surface area contributed by atoms with Gasteiger partial charge < -0.3 is 15.0 Å². The minimum Gasteiger partial charge on any atom is -0.489 e. The molecule has 3 fully saturated rings. The Balaban J connectivity index is 1.33. The van der Waals surface area contributed by atoms with E-state index in [4.69, 9.17) is 4.74 Å². The second-order valence-electron chi connectivity index (χ2n) is 8.60. The van der Waals surface area contributed by atoms with Crippen molar-refractivity contribution in [2.75, 3.05) is 6.54 Å². The summed E-state index contributed by atoms with van der Waals surface area (Å²) in [6.45, 7) is 3.67. The number of hydrogen-bond acceptors (Lipinski definition) is 5. The highest BCUT2D eigenvalue weighted by Crippen LogP contribution is 2.43. The number of piperidine rings is 1. The summed E-state index contributed by atoms with van der Waals surface area (Å²) in [5, 5.41) is 5.96. The molecule has 7 heteroatoms. The number of carbonyl (C=O) groups excluding carboxylic acids is 3. The van der Waals surface area contributed by atoms with Gasteiger partial charge in [0, 0.05) is 18.5 Å². The number of hydrogen-bond donors (Lipinski definition) is 2. The number of amides is 3. The number of nitrogens with zero attached hydrogens (tertiary/aromatic N) is 1. The summed E-state index contributed by atoms with van der Waals surface area (Å²) < 4.78 is 6.35. The molecular formula is C21H25N3O4. The first kappa shape index (κ1) is 17.7. The number of benzene rings is 1. The summed E-state index contributed by atoms with van der Waals surface area (Å²) in [5.74, 6) is 0.631. The van der Waals surface area contributed by atoms with Gasteiger partial charge in [0.1, 0.15) is 17.9 Å². The summed E-state index contributed by atoms with van der Waals surface area (Å²) in [5.41, 5.74) is 1.52. The molecule has 1 aromatic carbocycles. The van der Waals surface area contributed by atoms with Gasteiger partial charge in [-0.15, -0.1) is 0 Å². The third kappa shape index (κ3) is 2.64. The van der Waals surface area contributed by atoms with Crippen LogP contribution in [0.25, 0.3) is 0 Å². The zero-order chi connectivity index (χ0) is 19.5. The Labute approximate surface area is 163 Å². The van der Waals surface area contributed by atoms with E-state index < -0.39 is 6.04 Å². The molecule has 0 aromatic heterocycles. The van der Waals surface area contributed by atoms with Crippen molar-refractivity contribution in [1.82, 2.24) is 15.5 Å². The van der Waals surface area contributed by atoms with Crippen LogP contribution in [-0.4, -0.2) is 46.9 Å². The van der Waals surface area contributed by atoms with E-state index in [0.29, 0.717) is 24.4 Å². The lowest BCUT2D eigenvalue weighted by atomic mass is 9.89. The van der Waals surface area contributed by atoms with Crippen LogP contribution in [0.3, 0.4) is 0 Å². The van der Waals surface area contributed by atoms with E-state index in [1.54, 1.807) is 11.0 Å². The van der Waals surface area contributed by atoms with E-state index in [1.165, 1.54) is 12.8 Å². The lowest BCUT2D eigenvalue weighted by Crippen LogP contribution is -2.52. The third-order valence-corrected chi connectivity index (χ3v) is 7.07. The normalized spacial score (nSPS) is 34.4. The Bertz CT molecular complexity index is 869. The van der Waals surface area contributed by atoms with Gasteiger partial charge in [-0.3, -0.25) is 19.7 Å². The van der Waals surface area contributed by atoms with E-state index in [9.17, 15) is 14.4 Å². The van der Waals surface area contributed by atoms with Crippen molar-refractivity contribution in [3.05, 3.63) is 29.3 Å². The lowest BCUT2D eigenvalue weighted by Gasteiger charge is -2.32. The molecule has 3 heterocycles. The molecule has 1 saturated carbocycles. The van der Waals surface area contributed by atoms with Gasteiger partial charge in [-0.05, 0) is 68.8 Å². The van der Waals surface area contributed by atoms with Crippen LogP contribution in [0.4, 0.5) is 0 Å². The van der Waals surface area contributed by atoms with Crippen molar-refractivity contribution in [3.63, 3.8) is 0 Å². The summed E-state index contributed by atoms with van der Waals surface area (Å²) in [6, 6.07) is 5.01. The Morgan fingerprint density at radius 3 is 2.82 bits per heavy atom. The van der Waals surface area contributed by atoms with Crippen LogP contribution in [0.5, 0.6) is 5.75 Å². The number of ether oxygens (including phenoxy) is 1. The van der Waals surface area contributed by atoms with E-state index in [1.807, 2.05) is 12.1 Å². The van der Waals surface area contributed by atoms with Crippen molar-refractivity contribution < 1.29 is 19.1 Å². The highest BCUT2D eigenvalue weighted by Gasteiger charge is 2.50. The van der Waals surface area contributed by atoms with Gasteiger partial charge in [0.15, 0.2) is 0 Å². The minimum absolute atomic E-state index is 0.0214. The highest BCUT2D eigenvalue weighted by atomic mass is 16.5. The number of nitrogens with one attached hydrogen (secondary N) is 2. The molecule has 1 aliphatic carbocycles. The van der Waals surface area contributed by atoms with Crippen LogP contribution in [0.2, 0.25) is 0 Å². The second kappa shape index (κ2) is 6.30. The van der Waals surface area contributed by atoms with Crippen LogP contribution < -0.4 is 15.4 Å². The van der Waals surface area contributed by atoms with E-state index in [0.717, 1.165) is 24.3 Å². The van der Waals surface area contributed by atoms with Gasteiger partial charge in [-0.2, -0.15) is 0 Å². The van der Waals surface area contributed by atoms with Gasteiger partial charge in [-0.25, -0.2) is 0 Å². The molecule has 2 N–H and O–H groups in total. The molecule has 3 aliphatic heterocycles. The fourth-order valence-corrected chi connectivity index (χ4v) is 5.40. The number of imide groups is 1. The van der Waals surface area contributed by atoms with Crippen molar-refractivity contribution >= 4 is 17.7 Å². The Morgan fingerprint density at radius 1 is 1.14 bits per heavy atom. The number of fused-ring (bicyclic) bond motifs is 2. The van der Waals surface area contributed by atoms with E-state index in [-0.39, 0.29) is 35.8 Å². The SMILES string of the molecule is C[C@]12NCC[C@H]1CC[C@@H]2Oc1ccc2c(c1)CN(C1CCC(=O)NC1=O)C2=O. The molecule has 0 spiro atoms. The standard InChI is InChI=1S/C21H25N3O4/c1-21-13(8-9-22-21)2-6-17(21)28-14-3-4-15-12(10-14)11-24(20(15)27)16-5-7-18(25)23-19(16)26/h3-4,10,13,16-17,22H,2,5-9,11H2,1H3,(H,23,25,26)/t13-,16?,17+,21+/m1/s1. The fraction of sp³-hybridized carbons (Fsp3) is 0.571. The summed E-state index contributed by atoms with van der Waals surface area (Å²) in [7, 11) is 0. The molecule has 3 amide bonds.